The Morgan fingerprint density at radius 3 is 2.17 bits per heavy atom. The smallest absolute Gasteiger partial charge is 0.125 e. The number of hydrogen-bond donors (Lipinski definition) is 1. The van der Waals surface area contributed by atoms with Gasteiger partial charge in [0.05, 0.1) is 14.2 Å². The fourth-order valence-corrected chi connectivity index (χ4v) is 2.14. The first-order chi connectivity index (χ1) is 8.36. The normalized spacial score (nSPS) is 11.5. The average molecular weight is 251 g/mol. The maximum Gasteiger partial charge on any atom is 0.125 e. The number of benzene rings is 1. The van der Waals surface area contributed by atoms with Gasteiger partial charge in [0.25, 0.3) is 0 Å². The summed E-state index contributed by atoms with van der Waals surface area (Å²) < 4.78 is 11.0. The van der Waals surface area contributed by atoms with Crippen LogP contribution in [0, 0.1) is 19.3 Å². The van der Waals surface area contributed by atoms with Crippen molar-refractivity contribution in [3.05, 3.63) is 22.8 Å². The van der Waals surface area contributed by atoms with Crippen LogP contribution in [0.5, 0.6) is 11.5 Å². The molecule has 1 rings (SSSR count). The highest BCUT2D eigenvalue weighted by atomic mass is 16.5. The zero-order valence-electron chi connectivity index (χ0n) is 12.4. The summed E-state index contributed by atoms with van der Waals surface area (Å²) in [4.78, 5) is 0. The highest BCUT2D eigenvalue weighted by molar-refractivity contribution is 5.52. The Balaban J connectivity index is 3.29. The van der Waals surface area contributed by atoms with Gasteiger partial charge in [-0.3, -0.25) is 0 Å². The van der Waals surface area contributed by atoms with Crippen molar-refractivity contribution in [1.29, 1.82) is 0 Å². The Hall–Kier alpha value is -1.22. The van der Waals surface area contributed by atoms with Crippen molar-refractivity contribution in [2.24, 2.45) is 11.1 Å². The Kier molecular flexibility index (Phi) is 4.63. The first kappa shape index (κ1) is 14.8. The zero-order valence-corrected chi connectivity index (χ0v) is 12.4. The molecule has 102 valence electrons. The molecule has 18 heavy (non-hydrogen) atoms. The van der Waals surface area contributed by atoms with Crippen molar-refractivity contribution < 1.29 is 9.47 Å². The summed E-state index contributed by atoms with van der Waals surface area (Å²) in [6, 6.07) is 2.07. The molecule has 0 aliphatic carbocycles. The van der Waals surface area contributed by atoms with Crippen LogP contribution in [0.15, 0.2) is 6.07 Å². The number of rotatable bonds is 5. The van der Waals surface area contributed by atoms with E-state index < -0.39 is 0 Å². The van der Waals surface area contributed by atoms with Gasteiger partial charge in [0.2, 0.25) is 0 Å². The molecule has 0 fully saturated rings. The lowest BCUT2D eigenvalue weighted by Gasteiger charge is -2.25. The molecule has 3 nitrogen and oxygen atoms in total. The summed E-state index contributed by atoms with van der Waals surface area (Å²) in [5, 5.41) is 0. The summed E-state index contributed by atoms with van der Waals surface area (Å²) in [6.45, 7) is 9.08. The van der Waals surface area contributed by atoms with Gasteiger partial charge in [-0.2, -0.15) is 0 Å². The predicted octanol–water partition coefficient (Wildman–Crippen LogP) is 2.85. The van der Waals surface area contributed by atoms with Gasteiger partial charge in [0.15, 0.2) is 0 Å². The molecule has 0 saturated heterocycles. The second kappa shape index (κ2) is 5.61. The van der Waals surface area contributed by atoms with Crippen molar-refractivity contribution in [2.45, 2.75) is 34.1 Å². The van der Waals surface area contributed by atoms with E-state index in [0.29, 0.717) is 6.54 Å². The second-order valence-electron chi connectivity index (χ2n) is 5.57. The molecule has 0 atom stereocenters. The third-order valence-corrected chi connectivity index (χ3v) is 3.52. The van der Waals surface area contributed by atoms with Crippen molar-refractivity contribution in [1.82, 2.24) is 0 Å². The van der Waals surface area contributed by atoms with E-state index in [-0.39, 0.29) is 5.41 Å². The fraction of sp³-hybridized carbons (Fsp3) is 0.600. The topological polar surface area (TPSA) is 44.5 Å². The SMILES string of the molecule is COc1cc(CC(C)(C)CN)c(OC)c(C)c1C. The molecule has 3 heteroatoms. The summed E-state index contributed by atoms with van der Waals surface area (Å²) in [6.07, 6.45) is 0.879. The Morgan fingerprint density at radius 2 is 1.72 bits per heavy atom. The van der Waals surface area contributed by atoms with Crippen LogP contribution in [-0.4, -0.2) is 20.8 Å². The van der Waals surface area contributed by atoms with Gasteiger partial charge >= 0.3 is 0 Å². The Bertz CT molecular complexity index is 425. The number of nitrogens with two attached hydrogens (primary N) is 1. The molecular formula is C15H25NO2. The minimum absolute atomic E-state index is 0.0555. The van der Waals surface area contributed by atoms with Crippen LogP contribution in [0.2, 0.25) is 0 Å². The monoisotopic (exact) mass is 251 g/mol. The molecule has 0 radical (unpaired) electrons. The van der Waals surface area contributed by atoms with E-state index in [4.69, 9.17) is 15.2 Å². The Morgan fingerprint density at radius 1 is 1.11 bits per heavy atom. The van der Waals surface area contributed by atoms with Gasteiger partial charge in [0.1, 0.15) is 11.5 Å². The molecule has 0 heterocycles. The van der Waals surface area contributed by atoms with E-state index in [1.165, 1.54) is 0 Å². The van der Waals surface area contributed by atoms with Gasteiger partial charge < -0.3 is 15.2 Å². The van der Waals surface area contributed by atoms with Crippen molar-refractivity contribution in [3.8, 4) is 11.5 Å². The second-order valence-corrected chi connectivity index (χ2v) is 5.57. The van der Waals surface area contributed by atoms with Crippen molar-refractivity contribution in [2.75, 3.05) is 20.8 Å². The van der Waals surface area contributed by atoms with E-state index in [9.17, 15) is 0 Å². The number of methoxy groups -OCH3 is 2. The molecule has 0 aliphatic rings. The molecule has 1 aromatic rings. The molecule has 0 aliphatic heterocycles. The summed E-state index contributed by atoms with van der Waals surface area (Å²) in [7, 11) is 3.42. The summed E-state index contributed by atoms with van der Waals surface area (Å²) in [5.41, 5.74) is 9.29. The minimum Gasteiger partial charge on any atom is -0.496 e. The number of hydrogen-bond acceptors (Lipinski definition) is 3. The van der Waals surface area contributed by atoms with Crippen molar-refractivity contribution in [3.63, 3.8) is 0 Å². The van der Waals surface area contributed by atoms with Crippen LogP contribution in [-0.2, 0) is 6.42 Å². The largest absolute Gasteiger partial charge is 0.496 e. The van der Waals surface area contributed by atoms with Gasteiger partial charge in [-0.05, 0) is 55.0 Å². The standard InChI is InChI=1S/C15H25NO2/c1-10-11(2)14(18-6)12(7-13(10)17-5)8-15(3,4)9-16/h7H,8-9,16H2,1-6H3. The lowest BCUT2D eigenvalue weighted by atomic mass is 9.84. The minimum atomic E-state index is 0.0555. The predicted molar refractivity (Wildman–Crippen MR) is 75.6 cm³/mol. The molecule has 1 aromatic carbocycles. The van der Waals surface area contributed by atoms with Gasteiger partial charge in [0, 0.05) is 0 Å². The molecule has 0 unspecified atom stereocenters. The molecular weight excluding hydrogens is 226 g/mol. The summed E-state index contributed by atoms with van der Waals surface area (Å²) >= 11 is 0. The average Bonchev–Trinajstić information content (AvgIpc) is 2.33. The molecule has 2 N–H and O–H groups in total. The maximum absolute atomic E-state index is 5.81. The lowest BCUT2D eigenvalue weighted by molar-refractivity contribution is 0.354. The third-order valence-electron chi connectivity index (χ3n) is 3.52. The van der Waals surface area contributed by atoms with E-state index in [0.717, 1.165) is 34.6 Å². The van der Waals surface area contributed by atoms with E-state index >= 15 is 0 Å². The van der Waals surface area contributed by atoms with E-state index in [1.807, 2.05) is 0 Å². The number of ether oxygens (including phenoxy) is 2. The van der Waals surface area contributed by atoms with E-state index in [2.05, 4.69) is 33.8 Å². The molecule has 0 saturated carbocycles. The molecule has 0 spiro atoms. The van der Waals surface area contributed by atoms with E-state index in [1.54, 1.807) is 14.2 Å². The first-order valence-electron chi connectivity index (χ1n) is 6.27. The molecule has 0 bridgehead atoms. The third kappa shape index (κ3) is 2.96. The molecule has 0 aromatic heterocycles. The quantitative estimate of drug-likeness (QED) is 0.875. The molecule has 0 amide bonds. The highest BCUT2D eigenvalue weighted by Crippen LogP contribution is 2.36. The van der Waals surface area contributed by atoms with Gasteiger partial charge in [-0.25, -0.2) is 0 Å². The highest BCUT2D eigenvalue weighted by Gasteiger charge is 2.21. The Labute approximate surface area is 110 Å². The van der Waals surface area contributed by atoms with Crippen LogP contribution in [0.25, 0.3) is 0 Å². The summed E-state index contributed by atoms with van der Waals surface area (Å²) in [5.74, 6) is 1.87. The van der Waals surface area contributed by atoms with Crippen LogP contribution < -0.4 is 15.2 Å². The van der Waals surface area contributed by atoms with Crippen LogP contribution in [0.4, 0.5) is 0 Å². The zero-order chi connectivity index (χ0) is 13.9. The van der Waals surface area contributed by atoms with Crippen LogP contribution >= 0.6 is 0 Å². The van der Waals surface area contributed by atoms with Gasteiger partial charge in [-0.1, -0.05) is 13.8 Å². The fourth-order valence-electron chi connectivity index (χ4n) is 2.14. The lowest BCUT2D eigenvalue weighted by Crippen LogP contribution is -2.26. The van der Waals surface area contributed by atoms with Gasteiger partial charge in [-0.15, -0.1) is 0 Å². The van der Waals surface area contributed by atoms with Crippen molar-refractivity contribution >= 4 is 0 Å². The maximum atomic E-state index is 5.81. The van der Waals surface area contributed by atoms with Crippen LogP contribution in [0.1, 0.15) is 30.5 Å². The van der Waals surface area contributed by atoms with Crippen LogP contribution in [0.3, 0.4) is 0 Å². The first-order valence-corrected chi connectivity index (χ1v) is 6.27.